The number of benzene rings is 1. The molecule has 1 unspecified atom stereocenters. The summed E-state index contributed by atoms with van der Waals surface area (Å²) in [6.07, 6.45) is 8.55. The van der Waals surface area contributed by atoms with E-state index < -0.39 is 47.7 Å². The highest BCUT2D eigenvalue weighted by atomic mass is 19.3. The highest BCUT2D eigenvalue weighted by Gasteiger charge is 2.45. The third-order valence-corrected chi connectivity index (χ3v) is 11.1. The first-order chi connectivity index (χ1) is 27.6. The van der Waals surface area contributed by atoms with E-state index in [1.807, 2.05) is 6.07 Å². The molecule has 6 heterocycles. The van der Waals surface area contributed by atoms with Gasteiger partial charge in [0.05, 0.1) is 22.9 Å². The number of nitrogens with zero attached hydrogens (tertiary/aromatic N) is 6. The summed E-state index contributed by atoms with van der Waals surface area (Å²) in [4.78, 5) is 75.6. The van der Waals surface area contributed by atoms with Crippen LogP contribution in [0.4, 0.5) is 20.3 Å². The average molecular weight is 784 g/mol. The van der Waals surface area contributed by atoms with Crippen molar-refractivity contribution in [1.29, 1.82) is 0 Å². The number of aromatic nitrogens is 4. The predicted octanol–water partition coefficient (Wildman–Crippen LogP) is 5.40. The number of amides is 5. The Kier molecular flexibility index (Phi) is 10.9. The molecule has 3 fully saturated rings. The Balaban J connectivity index is 0.802. The maximum atomic E-state index is 14.1. The number of unbranched alkanes of at least 4 members (excludes halogenated alkanes) is 2. The number of pyridine rings is 1. The average Bonchev–Trinajstić information content (AvgIpc) is 3.61. The van der Waals surface area contributed by atoms with Gasteiger partial charge in [-0.05, 0) is 87.6 Å². The normalized spacial score (nSPS) is 19.0. The van der Waals surface area contributed by atoms with Crippen LogP contribution in [-0.2, 0) is 16.0 Å². The van der Waals surface area contributed by atoms with Crippen molar-refractivity contribution >= 4 is 41.0 Å². The SMILES string of the molecule is O=C1CCC(N2C(=O)c3cccc(CCCCCN4CCC(n5cc(NC(=O)c6coc(-c7ccnc(NCC8CC8)c7)n6)c(C(F)F)n5)CC4)c3C2=O)C(=O)N1. The topological polar surface area (TPSA) is 185 Å². The number of oxazole rings is 1. The van der Waals surface area contributed by atoms with Gasteiger partial charge in [0, 0.05) is 44.0 Å². The number of fused-ring (bicyclic) bond motifs is 1. The second kappa shape index (κ2) is 16.3. The summed E-state index contributed by atoms with van der Waals surface area (Å²) >= 11 is 0. The fourth-order valence-corrected chi connectivity index (χ4v) is 7.81. The minimum absolute atomic E-state index is 0.0525. The van der Waals surface area contributed by atoms with Crippen molar-refractivity contribution in [3.05, 3.63) is 77.1 Å². The number of likely N-dealkylation sites (tertiary alicyclic amines) is 1. The molecule has 0 radical (unpaired) electrons. The van der Waals surface area contributed by atoms with Crippen LogP contribution in [0.3, 0.4) is 0 Å². The number of nitrogens with one attached hydrogen (secondary N) is 3. The maximum absolute atomic E-state index is 14.1. The Morgan fingerprint density at radius 2 is 1.82 bits per heavy atom. The number of carbonyl (C=O) groups excluding carboxylic acids is 5. The summed E-state index contributed by atoms with van der Waals surface area (Å²) in [5.74, 6) is -1.19. The molecule has 0 spiro atoms. The summed E-state index contributed by atoms with van der Waals surface area (Å²) in [6, 6.07) is 7.58. The van der Waals surface area contributed by atoms with Gasteiger partial charge in [-0.25, -0.2) is 18.7 Å². The Labute approximate surface area is 326 Å². The first-order valence-corrected chi connectivity index (χ1v) is 19.5. The lowest BCUT2D eigenvalue weighted by Gasteiger charge is -2.32. The molecule has 2 saturated heterocycles. The summed E-state index contributed by atoms with van der Waals surface area (Å²) in [5, 5.41) is 12.3. The van der Waals surface area contributed by atoms with Gasteiger partial charge in [-0.2, -0.15) is 5.10 Å². The van der Waals surface area contributed by atoms with Gasteiger partial charge in [0.15, 0.2) is 11.4 Å². The van der Waals surface area contributed by atoms with Crippen LogP contribution < -0.4 is 16.0 Å². The third kappa shape index (κ3) is 8.33. The molecule has 1 saturated carbocycles. The largest absolute Gasteiger partial charge is 0.444 e. The van der Waals surface area contributed by atoms with Crippen LogP contribution >= 0.6 is 0 Å². The van der Waals surface area contributed by atoms with Crippen molar-refractivity contribution < 1.29 is 37.2 Å². The first-order valence-electron chi connectivity index (χ1n) is 19.5. The Morgan fingerprint density at radius 3 is 2.60 bits per heavy atom. The van der Waals surface area contributed by atoms with Crippen LogP contribution in [0.2, 0.25) is 0 Å². The lowest BCUT2D eigenvalue weighted by molar-refractivity contribution is -0.136. The van der Waals surface area contributed by atoms with E-state index in [0.717, 1.165) is 55.9 Å². The number of carbonyl (C=O) groups is 5. The fourth-order valence-electron chi connectivity index (χ4n) is 7.81. The molecule has 1 aromatic carbocycles. The van der Waals surface area contributed by atoms with E-state index in [1.54, 1.807) is 30.5 Å². The number of hydrogen-bond acceptors (Lipinski definition) is 11. The third-order valence-electron chi connectivity index (χ3n) is 11.1. The lowest BCUT2D eigenvalue weighted by atomic mass is 9.98. The van der Waals surface area contributed by atoms with Crippen molar-refractivity contribution in [2.75, 3.05) is 36.8 Å². The monoisotopic (exact) mass is 783 g/mol. The molecule has 3 N–H and O–H groups in total. The number of alkyl halides is 2. The van der Waals surface area contributed by atoms with Gasteiger partial charge in [-0.3, -0.25) is 38.9 Å². The van der Waals surface area contributed by atoms with Crippen molar-refractivity contribution in [3.8, 4) is 11.5 Å². The number of anilines is 2. The van der Waals surface area contributed by atoms with Crippen LogP contribution in [0.1, 0.15) is 113 Å². The number of halogens is 2. The van der Waals surface area contributed by atoms with Gasteiger partial charge < -0.3 is 20.0 Å². The van der Waals surface area contributed by atoms with Gasteiger partial charge in [-0.15, -0.1) is 0 Å². The van der Waals surface area contributed by atoms with Crippen LogP contribution in [-0.4, -0.2) is 91.3 Å². The van der Waals surface area contributed by atoms with E-state index in [-0.39, 0.29) is 41.7 Å². The van der Waals surface area contributed by atoms with Crippen LogP contribution in [0.25, 0.3) is 11.5 Å². The number of aryl methyl sites for hydroxylation is 1. The minimum Gasteiger partial charge on any atom is -0.444 e. The second-order valence-electron chi connectivity index (χ2n) is 15.1. The molecule has 15 nitrogen and oxygen atoms in total. The highest BCUT2D eigenvalue weighted by molar-refractivity contribution is 6.24. The Bertz CT molecular complexity index is 2190. The van der Waals surface area contributed by atoms with Gasteiger partial charge in [0.2, 0.25) is 17.7 Å². The molecule has 57 heavy (non-hydrogen) atoms. The molecular weight excluding hydrogens is 740 g/mol. The number of hydrogen-bond donors (Lipinski definition) is 3. The number of rotatable bonds is 15. The fraction of sp³-hybridized carbons (Fsp3) is 0.450. The molecule has 3 aliphatic heterocycles. The smallest absolute Gasteiger partial charge is 0.284 e. The molecule has 8 rings (SSSR count). The summed E-state index contributed by atoms with van der Waals surface area (Å²) < 4.78 is 35.3. The van der Waals surface area contributed by atoms with E-state index in [9.17, 15) is 32.8 Å². The maximum Gasteiger partial charge on any atom is 0.284 e. The molecule has 0 bridgehead atoms. The summed E-state index contributed by atoms with van der Waals surface area (Å²) in [5.41, 5.74) is 1.38. The van der Waals surface area contributed by atoms with E-state index in [0.29, 0.717) is 42.1 Å². The van der Waals surface area contributed by atoms with Crippen molar-refractivity contribution in [2.24, 2.45) is 5.92 Å². The predicted molar refractivity (Wildman–Crippen MR) is 201 cm³/mol. The molecule has 298 valence electrons. The number of imide groups is 2. The van der Waals surface area contributed by atoms with Crippen LogP contribution in [0.15, 0.2) is 53.4 Å². The van der Waals surface area contributed by atoms with E-state index >= 15 is 0 Å². The zero-order chi connectivity index (χ0) is 39.6. The lowest BCUT2D eigenvalue weighted by Crippen LogP contribution is -2.54. The molecule has 4 aliphatic rings. The van der Waals surface area contributed by atoms with Crippen LogP contribution in [0.5, 0.6) is 0 Å². The molecule has 3 aromatic heterocycles. The van der Waals surface area contributed by atoms with Crippen LogP contribution in [0, 0.1) is 5.92 Å². The van der Waals surface area contributed by atoms with Gasteiger partial charge >= 0.3 is 0 Å². The molecule has 1 atom stereocenters. The van der Waals surface area contributed by atoms with Crippen molar-refractivity contribution in [2.45, 2.75) is 82.7 Å². The molecular formula is C40H43F2N9O6. The quantitative estimate of drug-likeness (QED) is 0.104. The second-order valence-corrected chi connectivity index (χ2v) is 15.1. The molecule has 4 aromatic rings. The minimum atomic E-state index is -2.90. The van der Waals surface area contributed by atoms with Crippen molar-refractivity contribution in [1.82, 2.24) is 34.9 Å². The summed E-state index contributed by atoms with van der Waals surface area (Å²) in [7, 11) is 0. The van der Waals surface area contributed by atoms with Gasteiger partial charge in [0.1, 0.15) is 18.1 Å². The van der Waals surface area contributed by atoms with Gasteiger partial charge in [-0.1, -0.05) is 18.6 Å². The first kappa shape index (κ1) is 38.1. The zero-order valence-corrected chi connectivity index (χ0v) is 31.2. The van der Waals surface area contributed by atoms with E-state index in [1.165, 1.54) is 30.0 Å². The standard InChI is InChI=1S/C40H43F2N9O6/c41-35(42)34-28(45-36(53)29-22-57-38(46-29)25-12-15-43-31(19-25)44-20-23-8-9-23)21-50(48-34)26-13-17-49(18-14-26)16-3-1-2-5-24-6-4-7-27-33(24)40(56)51(39(27)55)30-10-11-32(52)47-37(30)54/h4,6-7,12,15,19,21-23,26,30,35H,1-3,5,8-11,13-14,16-18,20H2,(H,43,44)(H,45,53)(H,47,52,54). The van der Waals surface area contributed by atoms with Crippen molar-refractivity contribution in [3.63, 3.8) is 0 Å². The van der Waals surface area contributed by atoms with E-state index in [4.69, 9.17) is 4.42 Å². The molecule has 1 aliphatic carbocycles. The Morgan fingerprint density at radius 1 is 1.00 bits per heavy atom. The molecule has 5 amide bonds. The highest BCUT2D eigenvalue weighted by Crippen LogP contribution is 2.33. The van der Waals surface area contributed by atoms with Gasteiger partial charge in [0.25, 0.3) is 24.1 Å². The van der Waals surface area contributed by atoms with E-state index in [2.05, 4.69) is 35.9 Å². The molecule has 17 heteroatoms. The Hall–Kier alpha value is -5.84. The number of piperidine rings is 2. The zero-order valence-electron chi connectivity index (χ0n) is 31.2. The summed E-state index contributed by atoms with van der Waals surface area (Å²) in [6.45, 7) is 3.19.